The van der Waals surface area contributed by atoms with Gasteiger partial charge in [0.25, 0.3) is 0 Å². The Morgan fingerprint density at radius 2 is 2.10 bits per heavy atom. The molecule has 0 bridgehead atoms. The highest BCUT2D eigenvalue weighted by atomic mass is 127. The molecule has 1 saturated heterocycles. The molecule has 0 radical (unpaired) electrons. The minimum absolute atomic E-state index is 0. The van der Waals surface area contributed by atoms with Gasteiger partial charge in [0.15, 0.2) is 5.96 Å². The third-order valence-electron chi connectivity index (χ3n) is 3.85. The molecule has 0 aliphatic carbocycles. The van der Waals surface area contributed by atoms with Crippen molar-refractivity contribution in [2.24, 2.45) is 16.8 Å². The largest absolute Gasteiger partial charge is 0.356 e. The second-order valence-corrected chi connectivity index (χ2v) is 5.96. The molecule has 1 unspecified atom stereocenters. The van der Waals surface area contributed by atoms with Crippen molar-refractivity contribution < 1.29 is 0 Å². The summed E-state index contributed by atoms with van der Waals surface area (Å²) < 4.78 is 0. The Balaban J connectivity index is 0.00000361. The van der Waals surface area contributed by atoms with E-state index in [4.69, 9.17) is 0 Å². The molecule has 0 aromatic heterocycles. The topological polar surface area (TPSA) is 39.7 Å². The molecule has 5 heteroatoms. The lowest BCUT2D eigenvalue weighted by Crippen LogP contribution is -2.40. The number of aliphatic imine (C=N–C) groups is 1. The Kier molecular flexibility index (Phi) is 11.6. The monoisotopic (exact) mass is 396 g/mol. The summed E-state index contributed by atoms with van der Waals surface area (Å²) in [5, 5.41) is 6.86. The maximum atomic E-state index is 4.29. The number of nitrogens with zero attached hydrogens (tertiary/aromatic N) is 2. The summed E-state index contributed by atoms with van der Waals surface area (Å²) in [5.74, 6) is 2.52. The van der Waals surface area contributed by atoms with Crippen molar-refractivity contribution in [1.82, 2.24) is 15.5 Å². The van der Waals surface area contributed by atoms with Crippen LogP contribution >= 0.6 is 24.0 Å². The van der Waals surface area contributed by atoms with Crippen LogP contribution in [0.15, 0.2) is 4.99 Å². The van der Waals surface area contributed by atoms with Gasteiger partial charge in [-0.15, -0.1) is 24.0 Å². The van der Waals surface area contributed by atoms with Gasteiger partial charge in [-0.2, -0.15) is 0 Å². The first kappa shape index (κ1) is 20.0. The number of halogens is 1. The number of hydrogen-bond acceptors (Lipinski definition) is 2. The molecule has 1 aliphatic rings. The minimum Gasteiger partial charge on any atom is -0.356 e. The first-order valence-corrected chi connectivity index (χ1v) is 7.82. The van der Waals surface area contributed by atoms with Gasteiger partial charge >= 0.3 is 0 Å². The molecule has 0 aromatic carbocycles. The second-order valence-electron chi connectivity index (χ2n) is 5.96. The zero-order valence-electron chi connectivity index (χ0n) is 13.6. The van der Waals surface area contributed by atoms with Gasteiger partial charge in [0, 0.05) is 26.7 Å². The van der Waals surface area contributed by atoms with E-state index in [0.717, 1.165) is 30.9 Å². The Bertz CT molecular complexity index is 269. The molecule has 0 spiro atoms. The number of hydrogen-bond donors (Lipinski definition) is 2. The van der Waals surface area contributed by atoms with Crippen LogP contribution in [0, 0.1) is 11.8 Å². The Labute approximate surface area is 142 Å². The second kappa shape index (κ2) is 11.6. The number of likely N-dealkylation sites (tertiary alicyclic amines) is 1. The van der Waals surface area contributed by atoms with Crippen LogP contribution in [-0.2, 0) is 0 Å². The quantitative estimate of drug-likeness (QED) is 0.301. The van der Waals surface area contributed by atoms with Crippen LogP contribution < -0.4 is 10.6 Å². The van der Waals surface area contributed by atoms with Crippen LogP contribution in [0.25, 0.3) is 0 Å². The van der Waals surface area contributed by atoms with Gasteiger partial charge in [0.2, 0.25) is 0 Å². The van der Waals surface area contributed by atoms with Crippen LogP contribution in [-0.4, -0.2) is 50.6 Å². The van der Waals surface area contributed by atoms with Crippen molar-refractivity contribution in [3.63, 3.8) is 0 Å². The van der Waals surface area contributed by atoms with E-state index in [0.29, 0.717) is 0 Å². The number of guanidine groups is 1. The predicted octanol–water partition coefficient (Wildman–Crippen LogP) is 2.55. The van der Waals surface area contributed by atoms with Crippen molar-refractivity contribution in [2.45, 2.75) is 40.0 Å². The fraction of sp³-hybridized carbons (Fsp3) is 0.933. The normalized spacial score (nSPS) is 20.1. The maximum Gasteiger partial charge on any atom is 0.190 e. The molecule has 0 aromatic rings. The Morgan fingerprint density at radius 3 is 2.65 bits per heavy atom. The van der Waals surface area contributed by atoms with Gasteiger partial charge in [0.1, 0.15) is 0 Å². The van der Waals surface area contributed by atoms with Crippen LogP contribution in [0.1, 0.15) is 40.0 Å². The smallest absolute Gasteiger partial charge is 0.190 e. The standard InChI is InChI=1S/C15H32N4.HI/c1-5-19-10-8-14(12-19)11-18-15(16-4)17-9-6-7-13(2)3;/h13-14H,5-12H2,1-4H3,(H2,16,17,18);1H. The molecular formula is C15H33IN4. The lowest BCUT2D eigenvalue weighted by atomic mass is 10.1. The Morgan fingerprint density at radius 1 is 1.35 bits per heavy atom. The average molecular weight is 396 g/mol. The van der Waals surface area contributed by atoms with E-state index in [1.54, 1.807) is 0 Å². The summed E-state index contributed by atoms with van der Waals surface area (Å²) in [6.45, 7) is 12.5. The van der Waals surface area contributed by atoms with Crippen LogP contribution in [0.5, 0.6) is 0 Å². The van der Waals surface area contributed by atoms with Crippen molar-refractivity contribution in [1.29, 1.82) is 0 Å². The fourth-order valence-electron chi connectivity index (χ4n) is 2.55. The molecule has 1 heterocycles. The molecule has 0 saturated carbocycles. The molecule has 120 valence electrons. The van der Waals surface area contributed by atoms with Crippen molar-refractivity contribution in [2.75, 3.05) is 39.8 Å². The van der Waals surface area contributed by atoms with E-state index in [2.05, 4.69) is 41.3 Å². The first-order chi connectivity index (χ1) is 9.15. The summed E-state index contributed by atoms with van der Waals surface area (Å²) in [6.07, 6.45) is 3.80. The molecule has 1 atom stereocenters. The Hall–Kier alpha value is -0.0400. The number of nitrogens with one attached hydrogen (secondary N) is 2. The zero-order valence-corrected chi connectivity index (χ0v) is 15.9. The molecule has 1 aliphatic heterocycles. The van der Waals surface area contributed by atoms with E-state index < -0.39 is 0 Å². The number of rotatable bonds is 7. The predicted molar refractivity (Wildman–Crippen MR) is 99.1 cm³/mol. The van der Waals surface area contributed by atoms with Gasteiger partial charge in [-0.3, -0.25) is 4.99 Å². The molecule has 0 amide bonds. The van der Waals surface area contributed by atoms with Gasteiger partial charge in [-0.05, 0) is 44.2 Å². The summed E-state index contributed by atoms with van der Waals surface area (Å²) in [6, 6.07) is 0. The summed E-state index contributed by atoms with van der Waals surface area (Å²) in [4.78, 5) is 6.80. The lowest BCUT2D eigenvalue weighted by molar-refractivity contribution is 0.342. The molecule has 1 rings (SSSR count). The zero-order chi connectivity index (χ0) is 14.1. The van der Waals surface area contributed by atoms with Gasteiger partial charge in [0.05, 0.1) is 0 Å². The molecule has 2 N–H and O–H groups in total. The summed E-state index contributed by atoms with van der Waals surface area (Å²) >= 11 is 0. The molecule has 4 nitrogen and oxygen atoms in total. The van der Waals surface area contributed by atoms with Gasteiger partial charge in [-0.1, -0.05) is 20.8 Å². The molecule has 1 fully saturated rings. The first-order valence-electron chi connectivity index (χ1n) is 7.82. The van der Waals surface area contributed by atoms with Crippen molar-refractivity contribution >= 4 is 29.9 Å². The van der Waals surface area contributed by atoms with Crippen LogP contribution in [0.3, 0.4) is 0 Å². The van der Waals surface area contributed by atoms with Gasteiger partial charge < -0.3 is 15.5 Å². The highest BCUT2D eigenvalue weighted by Crippen LogP contribution is 2.14. The van der Waals surface area contributed by atoms with E-state index in [-0.39, 0.29) is 24.0 Å². The van der Waals surface area contributed by atoms with Crippen LogP contribution in [0.4, 0.5) is 0 Å². The van der Waals surface area contributed by atoms with Crippen LogP contribution in [0.2, 0.25) is 0 Å². The molecular weight excluding hydrogens is 363 g/mol. The lowest BCUT2D eigenvalue weighted by Gasteiger charge is -2.16. The van der Waals surface area contributed by atoms with E-state index >= 15 is 0 Å². The third kappa shape index (κ3) is 8.29. The van der Waals surface area contributed by atoms with Crippen molar-refractivity contribution in [3.05, 3.63) is 0 Å². The van der Waals surface area contributed by atoms with E-state index in [1.807, 2.05) is 7.05 Å². The van der Waals surface area contributed by atoms with E-state index in [9.17, 15) is 0 Å². The van der Waals surface area contributed by atoms with E-state index in [1.165, 1.54) is 38.9 Å². The maximum absolute atomic E-state index is 4.29. The summed E-state index contributed by atoms with van der Waals surface area (Å²) in [7, 11) is 1.85. The van der Waals surface area contributed by atoms with Gasteiger partial charge in [-0.25, -0.2) is 0 Å². The van der Waals surface area contributed by atoms with Crippen molar-refractivity contribution in [3.8, 4) is 0 Å². The summed E-state index contributed by atoms with van der Waals surface area (Å²) in [5.41, 5.74) is 0. The third-order valence-corrected chi connectivity index (χ3v) is 3.85. The fourth-order valence-corrected chi connectivity index (χ4v) is 2.55. The SMILES string of the molecule is CCN1CCC(CNC(=NC)NCCCC(C)C)C1.I. The highest BCUT2D eigenvalue weighted by molar-refractivity contribution is 14.0. The highest BCUT2D eigenvalue weighted by Gasteiger charge is 2.20. The molecule has 20 heavy (non-hydrogen) atoms. The average Bonchev–Trinajstić information content (AvgIpc) is 2.85. The minimum atomic E-state index is 0.